The quantitative estimate of drug-likeness (QED) is 0.399. The van der Waals surface area contributed by atoms with Crippen molar-refractivity contribution in [3.63, 3.8) is 0 Å². The first-order valence-corrected chi connectivity index (χ1v) is 6.82. The fourth-order valence-electron chi connectivity index (χ4n) is 1.66. The van der Waals surface area contributed by atoms with Gasteiger partial charge in [0.2, 0.25) is 5.78 Å². The maximum Gasteiger partial charge on any atom is 0.437 e. The molecule has 1 amide bonds. The summed E-state index contributed by atoms with van der Waals surface area (Å²) in [5.74, 6) is -0.309. The van der Waals surface area contributed by atoms with Crippen molar-refractivity contribution in [2.75, 3.05) is 5.32 Å². The van der Waals surface area contributed by atoms with Gasteiger partial charge < -0.3 is 0 Å². The van der Waals surface area contributed by atoms with Gasteiger partial charge in [-0.25, -0.2) is 4.79 Å². The van der Waals surface area contributed by atoms with Crippen molar-refractivity contribution in [3.8, 4) is 0 Å². The zero-order chi connectivity index (χ0) is 15.9. The summed E-state index contributed by atoms with van der Waals surface area (Å²) in [6.07, 6.45) is -0.803. The number of oxime groups is 1. The number of nitrogens with one attached hydrogen (secondary N) is 1. The van der Waals surface area contributed by atoms with E-state index in [4.69, 9.17) is 11.6 Å². The van der Waals surface area contributed by atoms with Crippen LogP contribution in [-0.2, 0) is 4.84 Å². The molecular formula is C16H13ClN2O3. The highest BCUT2D eigenvalue weighted by molar-refractivity contribution is 6.45. The predicted molar refractivity (Wildman–Crippen MR) is 85.4 cm³/mol. The first kappa shape index (κ1) is 15.7. The van der Waals surface area contributed by atoms with Crippen LogP contribution < -0.4 is 5.32 Å². The molecule has 6 heteroatoms. The maximum absolute atomic E-state index is 12.0. The molecular weight excluding hydrogens is 304 g/mol. The van der Waals surface area contributed by atoms with E-state index < -0.39 is 6.09 Å². The first-order chi connectivity index (χ1) is 10.6. The number of anilines is 1. The van der Waals surface area contributed by atoms with E-state index in [1.807, 2.05) is 0 Å². The van der Waals surface area contributed by atoms with Crippen molar-refractivity contribution in [2.45, 2.75) is 6.92 Å². The summed E-state index contributed by atoms with van der Waals surface area (Å²) < 4.78 is 0. The number of hydrogen-bond donors (Lipinski definition) is 1. The molecule has 0 unspecified atom stereocenters. The molecule has 0 atom stereocenters. The Bertz CT molecular complexity index is 714. The van der Waals surface area contributed by atoms with Crippen LogP contribution in [0, 0.1) is 0 Å². The molecule has 2 aromatic rings. The average molecular weight is 317 g/mol. The summed E-state index contributed by atoms with van der Waals surface area (Å²) in [6.45, 7) is 1.47. The van der Waals surface area contributed by atoms with Crippen LogP contribution in [0.15, 0.2) is 59.8 Å². The number of Topliss-reactive ketones (excluding diaryl/α,β-unsaturated/α-hetero) is 1. The molecule has 0 aliphatic rings. The van der Waals surface area contributed by atoms with E-state index in [0.29, 0.717) is 16.3 Å². The van der Waals surface area contributed by atoms with Crippen molar-refractivity contribution in [3.05, 3.63) is 65.2 Å². The Kier molecular flexibility index (Phi) is 5.27. The molecule has 1 N–H and O–H groups in total. The number of nitrogens with zero attached hydrogens (tertiary/aromatic N) is 1. The lowest BCUT2D eigenvalue weighted by molar-refractivity contribution is 0.105. The van der Waals surface area contributed by atoms with Crippen LogP contribution in [-0.4, -0.2) is 17.6 Å². The largest absolute Gasteiger partial charge is 0.437 e. The summed E-state index contributed by atoms with van der Waals surface area (Å²) in [7, 11) is 0. The fourth-order valence-corrected chi connectivity index (χ4v) is 1.85. The van der Waals surface area contributed by atoms with Crippen molar-refractivity contribution in [1.82, 2.24) is 0 Å². The van der Waals surface area contributed by atoms with E-state index in [-0.39, 0.29) is 11.5 Å². The highest BCUT2D eigenvalue weighted by Crippen LogP contribution is 2.15. The molecule has 0 heterocycles. The van der Waals surface area contributed by atoms with Crippen LogP contribution in [0.25, 0.3) is 0 Å². The summed E-state index contributed by atoms with van der Waals surface area (Å²) in [5, 5.41) is 6.48. The molecule has 0 bridgehead atoms. The zero-order valence-electron chi connectivity index (χ0n) is 11.7. The number of amides is 1. The fraction of sp³-hybridized carbons (Fsp3) is 0.0625. The Hall–Kier alpha value is -2.66. The highest BCUT2D eigenvalue weighted by atomic mass is 35.5. The topological polar surface area (TPSA) is 67.8 Å². The van der Waals surface area contributed by atoms with Crippen molar-refractivity contribution in [1.29, 1.82) is 0 Å². The minimum Gasteiger partial charge on any atom is -0.297 e. The van der Waals surface area contributed by atoms with Crippen LogP contribution in [0.5, 0.6) is 0 Å². The second kappa shape index (κ2) is 7.38. The van der Waals surface area contributed by atoms with Crippen LogP contribution in [0.1, 0.15) is 17.3 Å². The van der Waals surface area contributed by atoms with E-state index in [1.165, 1.54) is 6.92 Å². The highest BCUT2D eigenvalue weighted by Gasteiger charge is 2.11. The molecule has 0 saturated heterocycles. The second-order valence-electron chi connectivity index (χ2n) is 4.39. The monoisotopic (exact) mass is 316 g/mol. The number of rotatable bonds is 4. The van der Waals surface area contributed by atoms with Crippen molar-refractivity contribution < 1.29 is 14.4 Å². The number of hydrogen-bond acceptors (Lipinski definition) is 4. The molecule has 0 aliphatic carbocycles. The average Bonchev–Trinajstić information content (AvgIpc) is 2.52. The molecule has 2 rings (SSSR count). The van der Waals surface area contributed by atoms with Crippen molar-refractivity contribution >= 4 is 34.9 Å². The molecule has 2 aromatic carbocycles. The molecule has 0 saturated carbocycles. The summed E-state index contributed by atoms with van der Waals surface area (Å²) in [6, 6.07) is 15.2. The molecule has 22 heavy (non-hydrogen) atoms. The smallest absolute Gasteiger partial charge is 0.297 e. The molecule has 0 spiro atoms. The number of carbonyl (C=O) groups excluding carboxylic acids is 2. The van der Waals surface area contributed by atoms with Gasteiger partial charge in [-0.2, -0.15) is 0 Å². The normalized spacial score (nSPS) is 10.9. The van der Waals surface area contributed by atoms with Gasteiger partial charge in [0.05, 0.1) is 0 Å². The minimum absolute atomic E-state index is 0.0763. The van der Waals surface area contributed by atoms with Crippen LogP contribution in [0.2, 0.25) is 5.02 Å². The van der Waals surface area contributed by atoms with Gasteiger partial charge in [-0.3, -0.25) is 14.9 Å². The Morgan fingerprint density at radius 1 is 1.09 bits per heavy atom. The second-order valence-corrected chi connectivity index (χ2v) is 4.82. The van der Waals surface area contributed by atoms with Gasteiger partial charge >= 0.3 is 6.09 Å². The molecule has 0 aliphatic heterocycles. The third-order valence-electron chi connectivity index (χ3n) is 2.70. The van der Waals surface area contributed by atoms with E-state index in [2.05, 4.69) is 15.3 Å². The number of ketones is 1. The third kappa shape index (κ3) is 4.43. The first-order valence-electron chi connectivity index (χ1n) is 6.44. The van der Waals surface area contributed by atoms with Crippen molar-refractivity contribution in [2.24, 2.45) is 5.16 Å². The molecule has 5 nitrogen and oxygen atoms in total. The van der Waals surface area contributed by atoms with E-state index in [1.54, 1.807) is 54.6 Å². The number of halogens is 1. The third-order valence-corrected chi connectivity index (χ3v) is 2.94. The van der Waals surface area contributed by atoms with Crippen LogP contribution >= 0.6 is 11.6 Å². The molecule has 0 aromatic heterocycles. The standard InChI is InChI=1S/C16H13ClN2O3/c1-11(15(20)12-6-3-2-4-7-12)19-22-16(21)18-14-9-5-8-13(17)10-14/h2-10H,1H3,(H,18,21)/b19-11+. The molecule has 0 fully saturated rings. The molecule has 0 radical (unpaired) electrons. The molecule has 112 valence electrons. The number of benzene rings is 2. The summed E-state index contributed by atoms with van der Waals surface area (Å²) >= 11 is 5.80. The zero-order valence-corrected chi connectivity index (χ0v) is 12.5. The summed E-state index contributed by atoms with van der Waals surface area (Å²) in [5.41, 5.74) is 1.02. The van der Waals surface area contributed by atoms with E-state index in [0.717, 1.165) is 0 Å². The van der Waals surface area contributed by atoms with Gasteiger partial charge in [-0.15, -0.1) is 0 Å². The van der Waals surface area contributed by atoms with Gasteiger partial charge in [0.1, 0.15) is 5.71 Å². The summed E-state index contributed by atoms with van der Waals surface area (Å²) in [4.78, 5) is 28.3. The van der Waals surface area contributed by atoms with Gasteiger partial charge in [-0.05, 0) is 25.1 Å². The van der Waals surface area contributed by atoms with Gasteiger partial charge in [0, 0.05) is 16.3 Å². The Balaban J connectivity index is 1.96. The Morgan fingerprint density at radius 2 is 1.82 bits per heavy atom. The van der Waals surface area contributed by atoms with Gasteiger partial charge in [-0.1, -0.05) is 53.2 Å². The maximum atomic E-state index is 12.0. The SMILES string of the molecule is C/C(=N\OC(=O)Nc1cccc(Cl)c1)C(=O)c1ccccc1. The van der Waals surface area contributed by atoms with Gasteiger partial charge in [0.25, 0.3) is 0 Å². The lowest BCUT2D eigenvalue weighted by Gasteiger charge is -2.04. The lowest BCUT2D eigenvalue weighted by Crippen LogP contribution is -2.15. The van der Waals surface area contributed by atoms with Crippen LogP contribution in [0.3, 0.4) is 0 Å². The minimum atomic E-state index is -0.803. The van der Waals surface area contributed by atoms with E-state index >= 15 is 0 Å². The predicted octanol–water partition coefficient (Wildman–Crippen LogP) is 4.15. The van der Waals surface area contributed by atoms with E-state index in [9.17, 15) is 9.59 Å². The Morgan fingerprint density at radius 3 is 2.50 bits per heavy atom. The van der Waals surface area contributed by atoms with Crippen LogP contribution in [0.4, 0.5) is 10.5 Å². The lowest BCUT2D eigenvalue weighted by atomic mass is 10.1. The van der Waals surface area contributed by atoms with Gasteiger partial charge in [0.15, 0.2) is 0 Å². The number of carbonyl (C=O) groups is 2. The Labute approximate surface area is 132 Å².